The molecule has 5 aliphatic rings. The second-order valence-corrected chi connectivity index (χ2v) is 28.2. The van der Waals surface area contributed by atoms with Crippen molar-refractivity contribution < 1.29 is 67.4 Å². The number of hydrogen-bond acceptors (Lipinski definition) is 14. The Hall–Kier alpha value is -8.23. The lowest BCUT2D eigenvalue weighted by Gasteiger charge is -2.52. The van der Waals surface area contributed by atoms with Crippen LogP contribution in [0.3, 0.4) is 0 Å². The normalized spacial score (nSPS) is 28.1. The number of carbonyl (C=O) groups excluding carboxylic acids is 13. The number of fused-ring (bicyclic) bond motifs is 2. The van der Waals surface area contributed by atoms with Crippen LogP contribution in [-0.4, -0.2) is 248 Å². The van der Waals surface area contributed by atoms with Crippen molar-refractivity contribution in [1.29, 1.82) is 0 Å². The number of nitrogens with one attached hydrogen (secondary N) is 5. The van der Waals surface area contributed by atoms with Gasteiger partial charge >= 0.3 is 0 Å². The van der Waals surface area contributed by atoms with Crippen molar-refractivity contribution >= 4 is 76.8 Å². The topological polar surface area (TPSA) is 328 Å². The molecule has 0 spiro atoms. The van der Waals surface area contributed by atoms with Gasteiger partial charge in [-0.3, -0.25) is 62.3 Å². The fourth-order valence-corrected chi connectivity index (χ4v) is 13.3. The highest BCUT2D eigenvalue weighted by molar-refractivity contribution is 6.02. The molecule has 0 bridgehead atoms. The van der Waals surface area contributed by atoms with Crippen molar-refractivity contribution in [3.05, 3.63) is 59.7 Å². The number of hydrazine groups is 1. The molecule has 542 valence electrons. The van der Waals surface area contributed by atoms with Gasteiger partial charge in [-0.2, -0.15) is 0 Å². The number of likely N-dealkylation sites (N-methyl/N-ethyl adjacent to an activating group) is 4. The second kappa shape index (κ2) is 36.0. The summed E-state index contributed by atoms with van der Waals surface area (Å²) < 4.78 is 0. The molecule has 4 saturated heterocycles. The Morgan fingerprint density at radius 1 is 0.592 bits per heavy atom. The highest BCUT2D eigenvalue weighted by atomic mass is 16.3. The number of amides is 13. The third-order valence-electron chi connectivity index (χ3n) is 19.9. The third kappa shape index (κ3) is 19.8. The van der Waals surface area contributed by atoms with Crippen molar-refractivity contribution in [3.8, 4) is 0 Å². The van der Waals surface area contributed by atoms with E-state index in [0.29, 0.717) is 63.6 Å². The number of allylic oxidation sites excluding steroid dienone is 3. The highest BCUT2D eigenvalue weighted by Crippen LogP contribution is 2.32. The fourth-order valence-electron chi connectivity index (χ4n) is 13.3. The molecule has 4 fully saturated rings. The zero-order valence-corrected chi connectivity index (χ0v) is 60.0. The van der Waals surface area contributed by atoms with Crippen LogP contribution in [0.2, 0.25) is 0 Å². The zero-order chi connectivity index (χ0) is 72.6. The maximum Gasteiger partial charge on any atom is 0.266 e. The van der Waals surface area contributed by atoms with E-state index in [1.807, 2.05) is 52.8 Å². The van der Waals surface area contributed by atoms with E-state index in [1.165, 1.54) is 68.7 Å². The minimum atomic E-state index is -1.63. The molecule has 0 radical (unpaired) electrons. The molecule has 0 saturated carbocycles. The molecule has 4 heterocycles. The molecule has 27 nitrogen and oxygen atoms in total. The van der Waals surface area contributed by atoms with Gasteiger partial charge in [0.1, 0.15) is 73.0 Å². The smallest absolute Gasteiger partial charge is 0.266 e. The predicted octanol–water partition coefficient (Wildman–Crippen LogP) is 2.35. The van der Waals surface area contributed by atoms with Crippen molar-refractivity contribution in [2.24, 2.45) is 17.8 Å². The molecule has 98 heavy (non-hydrogen) atoms. The number of aliphatic hydroxyl groups is 1. The van der Waals surface area contributed by atoms with Crippen LogP contribution in [-0.2, 0) is 68.7 Å². The third-order valence-corrected chi connectivity index (χ3v) is 19.9. The molecule has 13 amide bonds. The molecular weight excluding hydrogens is 1260 g/mol. The Morgan fingerprint density at radius 2 is 1.20 bits per heavy atom. The van der Waals surface area contributed by atoms with Gasteiger partial charge in [0.05, 0.1) is 12.5 Å². The van der Waals surface area contributed by atoms with Crippen LogP contribution < -0.4 is 26.6 Å². The summed E-state index contributed by atoms with van der Waals surface area (Å²) in [4.78, 5) is 199. The average Bonchev–Trinajstić information content (AvgIpc) is 0.779. The van der Waals surface area contributed by atoms with Crippen molar-refractivity contribution in [3.63, 3.8) is 0 Å². The minimum absolute atomic E-state index is 0.0119. The summed E-state index contributed by atoms with van der Waals surface area (Å²) in [6.07, 6.45) is 8.36. The van der Waals surface area contributed by atoms with Crippen molar-refractivity contribution in [2.45, 2.75) is 238 Å². The fraction of sp³-hybridized carbons (Fsp3) is 0.676. The standard InChI is InChI=1S/C71H109N13O14/c1-15-27-50-66(93)78(12)46(9)62(89)76-59(47(10)85)70(97)82-35-26-32-54(82)69(96)80(14)56(39-49-30-22-18-23-31-49)65(92)75-52(38-48-28-20-17-21-29-48)68(95)84-60(44(7)16-2)71(98)83(84)41-58(87)79(13)55(37-43(5)6)64(91)73-51(36-42(3)4)63(90)74-53(67(94)81-33-24-19-25-34-81)40-57(86)77(11)45(8)61(88)72-50/h17-18,20-22,28-30,42-47,50-56,59-60,85H,15-16,19,23-27,31-41H2,1-14H3,(H,72,88)(H,73,91)(H,74,90)(H,75,92)(H,76,89)/t44-,45?,46-,47+,50-,51-,52-,53-,54-,55-,56?,59-,60-/m0/s1. The van der Waals surface area contributed by atoms with Crippen LogP contribution in [0.4, 0.5) is 0 Å². The number of nitrogens with zero attached hydrogens (tertiary/aromatic N) is 8. The van der Waals surface area contributed by atoms with E-state index in [0.717, 1.165) is 26.8 Å². The lowest BCUT2D eigenvalue weighted by Crippen LogP contribution is -2.76. The number of likely N-dealkylation sites (tertiary alicyclic amines) is 1. The van der Waals surface area contributed by atoms with Gasteiger partial charge in [0.15, 0.2) is 0 Å². The summed E-state index contributed by atoms with van der Waals surface area (Å²) >= 11 is 0. The first kappa shape index (κ1) is 78.8. The molecule has 27 heteroatoms. The molecule has 1 aliphatic carbocycles. The summed E-state index contributed by atoms with van der Waals surface area (Å²) in [5, 5.41) is 27.4. The number of piperidine rings is 1. The molecule has 4 aliphatic heterocycles. The van der Waals surface area contributed by atoms with E-state index in [2.05, 4.69) is 26.6 Å². The molecular formula is C71H109N13O14. The Balaban J connectivity index is 1.44. The lowest BCUT2D eigenvalue weighted by molar-refractivity contribution is -0.208. The Bertz CT molecular complexity index is 3120. The van der Waals surface area contributed by atoms with Crippen LogP contribution in [0.1, 0.15) is 165 Å². The monoisotopic (exact) mass is 1370 g/mol. The largest absolute Gasteiger partial charge is 0.391 e. The first-order valence-corrected chi connectivity index (χ1v) is 35.2. The molecule has 6 rings (SSSR count). The van der Waals surface area contributed by atoms with Crippen LogP contribution >= 0.6 is 0 Å². The molecule has 13 atom stereocenters. The SMILES string of the molecule is CCC[C@@H]1NC(=O)C(C)N(C)C(=O)C[C@@H](C(=O)N2CCCCC2)NC(=O)[C@H](CC(C)C)NC(=O)[C@H](CC(C)C)N(C)C(=O)CN2C(=O)[C@H]([C@@H](C)CC)N2C(=O)[C@H](Cc2ccccc2)NC(=O)C(CC2=CC=CCC2)N(C)C(=O)[C@@H]2CCCN2C(=O)[C@H]([C@@H](C)O)NC(=O)[C@H](C)N(C)C1=O. The van der Waals surface area contributed by atoms with Gasteiger partial charge in [0.25, 0.3) is 11.8 Å². The summed E-state index contributed by atoms with van der Waals surface area (Å²) in [6.45, 7) is 16.9. The first-order valence-electron chi connectivity index (χ1n) is 35.2. The molecule has 6 N–H and O–H groups in total. The van der Waals surface area contributed by atoms with Crippen molar-refractivity contribution in [1.82, 2.24) is 66.0 Å². The summed E-state index contributed by atoms with van der Waals surface area (Å²) in [5.41, 5.74) is 1.44. The van der Waals surface area contributed by atoms with Gasteiger partial charge in [0, 0.05) is 54.2 Å². The minimum Gasteiger partial charge on any atom is -0.391 e. The Morgan fingerprint density at radius 3 is 1.81 bits per heavy atom. The Labute approximate surface area is 577 Å². The van der Waals surface area contributed by atoms with Gasteiger partial charge < -0.3 is 61.1 Å². The maximum atomic E-state index is 15.6. The first-order chi connectivity index (χ1) is 46.3. The number of hydrogen-bond donors (Lipinski definition) is 6. The van der Waals surface area contributed by atoms with Crippen LogP contribution in [0.15, 0.2) is 54.1 Å². The van der Waals surface area contributed by atoms with E-state index in [4.69, 9.17) is 0 Å². The van der Waals surface area contributed by atoms with Crippen LogP contribution in [0, 0.1) is 17.8 Å². The molecule has 2 unspecified atom stereocenters. The van der Waals surface area contributed by atoms with Gasteiger partial charge in [-0.15, -0.1) is 0 Å². The number of carbonyl (C=O) groups is 13. The van der Waals surface area contributed by atoms with E-state index in [-0.39, 0.29) is 56.9 Å². The van der Waals surface area contributed by atoms with Gasteiger partial charge in [-0.25, -0.2) is 10.0 Å². The number of benzene rings is 1. The Kier molecular flexibility index (Phi) is 29.0. The molecule has 0 aromatic heterocycles. The van der Waals surface area contributed by atoms with E-state index >= 15 is 14.4 Å². The van der Waals surface area contributed by atoms with Crippen molar-refractivity contribution in [2.75, 3.05) is 54.4 Å². The molecule has 1 aromatic rings. The molecule has 1 aromatic carbocycles. The lowest BCUT2D eigenvalue weighted by atomic mass is 9.92. The van der Waals surface area contributed by atoms with E-state index in [1.54, 1.807) is 49.1 Å². The average molecular weight is 1370 g/mol. The van der Waals surface area contributed by atoms with Crippen LogP contribution in [0.25, 0.3) is 0 Å². The predicted molar refractivity (Wildman–Crippen MR) is 366 cm³/mol. The number of rotatable bonds is 14. The quantitative estimate of drug-likeness (QED) is 0.156. The zero-order valence-electron chi connectivity index (χ0n) is 60.0. The number of aliphatic hydroxyl groups excluding tert-OH is 1. The van der Waals surface area contributed by atoms with E-state index < -0.39 is 168 Å². The van der Waals surface area contributed by atoms with Crippen LogP contribution in [0.5, 0.6) is 0 Å². The van der Waals surface area contributed by atoms with Gasteiger partial charge in [-0.05, 0) is 115 Å². The summed E-state index contributed by atoms with van der Waals surface area (Å²) in [7, 11) is 5.51. The summed E-state index contributed by atoms with van der Waals surface area (Å²) in [5.74, 6) is -10.2. The second-order valence-electron chi connectivity index (χ2n) is 28.2. The summed E-state index contributed by atoms with van der Waals surface area (Å²) in [6, 6.07) is -5.58. The van der Waals surface area contributed by atoms with E-state index in [9.17, 15) is 53.1 Å². The van der Waals surface area contributed by atoms with Gasteiger partial charge in [-0.1, -0.05) is 115 Å². The van der Waals surface area contributed by atoms with Gasteiger partial charge in [0.2, 0.25) is 65.0 Å². The highest BCUT2D eigenvalue weighted by Gasteiger charge is 2.54. The maximum absolute atomic E-state index is 15.6.